The van der Waals surface area contributed by atoms with Gasteiger partial charge in [0.1, 0.15) is 22.7 Å². The largest absolute Gasteiger partial charge is 0.436 e. The third-order valence-electron chi connectivity index (χ3n) is 13.8. The normalized spacial score (nSPS) is 10.3. The average molecular weight is 1190 g/mol. The molecule has 0 spiro atoms. The molecule has 0 fully saturated rings. The lowest BCUT2D eigenvalue weighted by molar-refractivity contribution is -0.445. The Morgan fingerprint density at radius 3 is 1.58 bits per heavy atom. The number of nitrogens with zero attached hydrogens (tertiary/aromatic N) is 13. The molecule has 0 aliphatic carbocycles. The zero-order valence-electron chi connectivity index (χ0n) is 53.1. The molecule has 0 atom stereocenters. The van der Waals surface area contributed by atoms with E-state index in [1.54, 1.807) is 24.2 Å². The van der Waals surface area contributed by atoms with Crippen molar-refractivity contribution in [3.05, 3.63) is 211 Å². The van der Waals surface area contributed by atoms with Crippen molar-refractivity contribution in [1.29, 1.82) is 10.5 Å². The maximum Gasteiger partial charge on any atom is 0.227 e. The van der Waals surface area contributed by atoms with E-state index >= 15 is 0 Å². The van der Waals surface area contributed by atoms with Gasteiger partial charge in [0.2, 0.25) is 11.6 Å². The number of aryl methyl sites for hydroxylation is 10. The second-order valence-corrected chi connectivity index (χ2v) is 21.7. The van der Waals surface area contributed by atoms with E-state index in [2.05, 4.69) is 153 Å². The molecular formula is C70H74N14O3S. The third-order valence-corrected chi connectivity index (χ3v) is 14.6. The van der Waals surface area contributed by atoms with E-state index in [9.17, 15) is 5.26 Å². The zero-order chi connectivity index (χ0) is 64.5. The number of benzene rings is 6. The number of pyridine rings is 2. The van der Waals surface area contributed by atoms with Crippen molar-refractivity contribution >= 4 is 61.6 Å². The molecule has 18 heteroatoms. The summed E-state index contributed by atoms with van der Waals surface area (Å²) >= 11 is 1.73. The average Bonchev–Trinajstić information content (AvgIpc) is 1.78. The van der Waals surface area contributed by atoms with Crippen LogP contribution in [0.4, 0.5) is 5.69 Å². The number of hydrogen-bond acceptors (Lipinski definition) is 13. The van der Waals surface area contributed by atoms with Gasteiger partial charge < -0.3 is 23.4 Å². The molecule has 0 aliphatic heterocycles. The number of aromatic amines is 1. The number of imidazole rings is 3. The first kappa shape index (κ1) is 66.8. The van der Waals surface area contributed by atoms with Crippen LogP contribution in [-0.4, -0.2) is 88.3 Å². The van der Waals surface area contributed by atoms with Gasteiger partial charge in [-0.05, 0) is 200 Å². The van der Waals surface area contributed by atoms with Crippen molar-refractivity contribution in [2.45, 2.75) is 74.1 Å². The van der Waals surface area contributed by atoms with Crippen molar-refractivity contribution in [3.63, 3.8) is 0 Å². The summed E-state index contributed by atoms with van der Waals surface area (Å²) in [5, 5.41) is 27.0. The SMILES string of the molecule is CC.CN(C)C.CSc1ccc(-c2nc3c(C)ccc(C)c3o2)cc1.C[N+](=O)[O-].Cc1ccc(C)c2[nH]c(-c3ccc(C#N)cc3)nc12.Cc1ccc(C)c2c1nc(-c1ccccn1)n2C.[C-]#[N+]c1c(C#N)c(C)c2nc(-c3ccccn3)n(C)c2c1C. The first-order chi connectivity index (χ1) is 42.1. The van der Waals surface area contributed by atoms with E-state index in [0.717, 1.165) is 114 Å². The summed E-state index contributed by atoms with van der Waals surface area (Å²) in [4.78, 5) is 45.9. The topological polar surface area (TPSA) is 214 Å². The van der Waals surface area contributed by atoms with Crippen molar-refractivity contribution in [1.82, 2.24) is 48.9 Å². The van der Waals surface area contributed by atoms with Gasteiger partial charge in [-0.1, -0.05) is 62.4 Å². The molecule has 0 radical (unpaired) electrons. The number of nitriles is 2. The van der Waals surface area contributed by atoms with Crippen molar-refractivity contribution < 1.29 is 9.34 Å². The number of nitrogens with one attached hydrogen (secondary N) is 1. The smallest absolute Gasteiger partial charge is 0.227 e. The highest BCUT2D eigenvalue weighted by Gasteiger charge is 2.22. The molecule has 88 heavy (non-hydrogen) atoms. The highest BCUT2D eigenvalue weighted by molar-refractivity contribution is 7.98. The van der Waals surface area contributed by atoms with Crippen LogP contribution in [0, 0.1) is 94.7 Å². The lowest BCUT2D eigenvalue weighted by Crippen LogP contribution is -1.99. The summed E-state index contributed by atoms with van der Waals surface area (Å²) in [6, 6.07) is 44.2. The lowest BCUT2D eigenvalue weighted by atomic mass is 10.0. The van der Waals surface area contributed by atoms with E-state index in [1.165, 1.54) is 27.1 Å². The van der Waals surface area contributed by atoms with Crippen LogP contribution in [0.3, 0.4) is 0 Å². The van der Waals surface area contributed by atoms with Crippen LogP contribution in [0.1, 0.15) is 69.5 Å². The fourth-order valence-corrected chi connectivity index (χ4v) is 9.86. The molecule has 6 aromatic heterocycles. The first-order valence-corrected chi connectivity index (χ1v) is 29.5. The minimum Gasteiger partial charge on any atom is -0.436 e. The third kappa shape index (κ3) is 15.6. The van der Waals surface area contributed by atoms with Gasteiger partial charge in [0.05, 0.1) is 62.9 Å². The zero-order valence-corrected chi connectivity index (χ0v) is 54.0. The van der Waals surface area contributed by atoms with E-state index in [1.807, 2.05) is 140 Å². The number of fused-ring (bicyclic) bond motifs is 4. The summed E-state index contributed by atoms with van der Waals surface area (Å²) in [5.41, 5.74) is 21.6. The number of thioether (sulfide) groups is 1. The second-order valence-electron chi connectivity index (χ2n) is 20.8. The van der Waals surface area contributed by atoms with E-state index in [0.29, 0.717) is 22.7 Å². The molecule has 448 valence electrons. The van der Waals surface area contributed by atoms with Gasteiger partial charge in [-0.15, -0.1) is 11.8 Å². The molecule has 1 N–H and O–H groups in total. The van der Waals surface area contributed by atoms with Gasteiger partial charge in [0.15, 0.2) is 24.3 Å². The van der Waals surface area contributed by atoms with Crippen LogP contribution in [-0.2, 0) is 14.1 Å². The molecule has 0 saturated carbocycles. The van der Waals surface area contributed by atoms with Gasteiger partial charge in [0.25, 0.3) is 0 Å². The monoisotopic (exact) mass is 1190 g/mol. The van der Waals surface area contributed by atoms with Gasteiger partial charge in [0, 0.05) is 47.4 Å². The molecule has 6 heterocycles. The number of nitro groups is 1. The van der Waals surface area contributed by atoms with E-state index in [-0.39, 0.29) is 0 Å². The lowest BCUT2D eigenvalue weighted by Gasteiger charge is -2.08. The Labute approximate surface area is 519 Å². The van der Waals surface area contributed by atoms with Crippen molar-refractivity contribution in [2.24, 2.45) is 14.1 Å². The fourth-order valence-electron chi connectivity index (χ4n) is 9.45. The predicted octanol–water partition coefficient (Wildman–Crippen LogP) is 16.6. The number of rotatable bonds is 5. The molecule has 12 aromatic rings. The quantitative estimate of drug-likeness (QED) is 0.0735. The maximum atomic E-state index is 9.37. The summed E-state index contributed by atoms with van der Waals surface area (Å²) in [5.74, 6) is 3.19. The van der Waals surface area contributed by atoms with Crippen LogP contribution in [0.5, 0.6) is 0 Å². The Morgan fingerprint density at radius 1 is 0.614 bits per heavy atom. The van der Waals surface area contributed by atoms with Crippen LogP contribution >= 0.6 is 11.8 Å². The molecule has 0 aliphatic rings. The molecule has 6 aromatic carbocycles. The van der Waals surface area contributed by atoms with Crippen LogP contribution in [0.25, 0.3) is 94.9 Å². The van der Waals surface area contributed by atoms with Gasteiger partial charge in [-0.25, -0.2) is 24.8 Å². The Hall–Kier alpha value is -10.3. The summed E-state index contributed by atoms with van der Waals surface area (Å²) < 4.78 is 9.99. The van der Waals surface area contributed by atoms with E-state index < -0.39 is 4.92 Å². The predicted molar refractivity (Wildman–Crippen MR) is 358 cm³/mol. The van der Waals surface area contributed by atoms with Gasteiger partial charge in [-0.3, -0.25) is 20.1 Å². The van der Waals surface area contributed by atoms with Crippen molar-refractivity contribution in [3.8, 4) is 58.0 Å². The Bertz CT molecular complexity index is 4420. The maximum absolute atomic E-state index is 9.37. The minimum atomic E-state index is -0.500. The summed E-state index contributed by atoms with van der Waals surface area (Å²) in [6.07, 6.45) is 5.59. The Kier molecular flexibility index (Phi) is 23.3. The molecule has 0 unspecified atom stereocenters. The Morgan fingerprint density at radius 2 is 1.10 bits per heavy atom. The summed E-state index contributed by atoms with van der Waals surface area (Å²) in [6.45, 7) is 27.5. The molecular weight excluding hydrogens is 1120 g/mol. The van der Waals surface area contributed by atoms with Crippen LogP contribution < -0.4 is 0 Å². The first-order valence-electron chi connectivity index (χ1n) is 28.3. The summed E-state index contributed by atoms with van der Waals surface area (Å²) in [7, 11) is 10.8. The number of oxazole rings is 1. The van der Waals surface area contributed by atoms with Crippen LogP contribution in [0.2, 0.25) is 0 Å². The molecule has 0 amide bonds. The number of hydrogen-bond donors (Lipinski definition) is 1. The second kappa shape index (κ2) is 30.7. The molecule has 12 rings (SSSR count). The Balaban J connectivity index is 0.000000178. The minimum absolute atomic E-state index is 0.406. The van der Waals surface area contributed by atoms with Gasteiger partial charge >= 0.3 is 0 Å². The highest BCUT2D eigenvalue weighted by atomic mass is 32.2. The van der Waals surface area contributed by atoms with E-state index in [4.69, 9.17) is 31.3 Å². The number of H-pyrrole nitrogens is 1. The van der Waals surface area contributed by atoms with Gasteiger partial charge in [-0.2, -0.15) is 10.5 Å². The number of aromatic nitrogens is 9. The van der Waals surface area contributed by atoms with Crippen LogP contribution in [0.15, 0.2) is 143 Å². The highest BCUT2D eigenvalue weighted by Crippen LogP contribution is 2.37. The fraction of sp³-hybridized carbons (Fsp3) is 0.243. The molecule has 0 saturated heterocycles. The standard InChI is InChI=1S/C17H13N5.C16H13N3.C16H15NOS.C15H15N3.C3H9N.C2H6.CH3NO2/c1-10-12(9-18)14(19-3)11(2)16-15(10)21-17(22(16)4)13-7-5-6-8-20-13;1-10-3-4-11(2)15-14(10)18-16(19-15)13-7-5-12(9-17)6-8-13;1-10-4-5-11(2)15-14(10)17-16(18-15)12-6-8-13(19-3)9-7-12;1-10-7-8-11(2)14-13(10)17-15(18(14)3)12-6-4-5-9-16-12;1-4(2)3;1-2;1-2(3)4/h5-8H,1-2,4H3;3-8H,1-2H3,(H,18,19);4-9H,1-3H3;4-9H,1-3H3;1-3H3;1-2H3;1H3. The van der Waals surface area contributed by atoms with Crippen molar-refractivity contribution in [2.75, 3.05) is 34.4 Å². The molecule has 17 nitrogen and oxygen atoms in total. The molecule has 0 bridgehead atoms.